The molecular formula is C8H11BO. The molecule has 0 aliphatic rings. The molecule has 10 heavy (non-hydrogen) atoms. The number of hydrogen-bond donors (Lipinski definition) is 1. The molecule has 0 spiro atoms. The average Bonchev–Trinajstić information content (AvgIpc) is 1.88. The number of benzene rings is 1. The molecule has 1 nitrogen and oxygen atoms in total. The maximum Gasteiger partial charge on any atom is 0.139 e. The predicted octanol–water partition coefficient (Wildman–Crippen LogP) is -0.254. The number of aliphatic hydroxyl groups excluding tert-OH is 1. The van der Waals surface area contributed by atoms with Crippen molar-refractivity contribution in [2.45, 2.75) is 13.5 Å². The molecule has 2 heteroatoms. The Morgan fingerprint density at radius 3 is 2.70 bits per heavy atom. The minimum Gasteiger partial charge on any atom is -0.392 e. The van der Waals surface area contributed by atoms with E-state index in [-0.39, 0.29) is 6.61 Å². The first kappa shape index (κ1) is 7.35. The predicted molar refractivity (Wildman–Crippen MR) is 45.3 cm³/mol. The Balaban J connectivity index is 3.07. The molecule has 0 aromatic heterocycles. The minimum atomic E-state index is 0.145. The van der Waals surface area contributed by atoms with Gasteiger partial charge in [-0.25, -0.2) is 0 Å². The van der Waals surface area contributed by atoms with Crippen LogP contribution in [0, 0.1) is 6.92 Å². The lowest BCUT2D eigenvalue weighted by atomic mass is 9.93. The van der Waals surface area contributed by atoms with Crippen molar-refractivity contribution in [2.75, 3.05) is 0 Å². The van der Waals surface area contributed by atoms with E-state index in [9.17, 15) is 0 Å². The maximum atomic E-state index is 8.81. The van der Waals surface area contributed by atoms with Gasteiger partial charge < -0.3 is 5.11 Å². The summed E-state index contributed by atoms with van der Waals surface area (Å²) in [4.78, 5) is 0. The molecule has 1 N–H and O–H groups in total. The lowest BCUT2D eigenvalue weighted by molar-refractivity contribution is 0.281. The van der Waals surface area contributed by atoms with E-state index in [1.807, 2.05) is 26.9 Å². The highest BCUT2D eigenvalue weighted by molar-refractivity contribution is 6.32. The van der Waals surface area contributed by atoms with Crippen LogP contribution in [0.15, 0.2) is 18.2 Å². The molecule has 0 aliphatic heterocycles. The van der Waals surface area contributed by atoms with Crippen LogP contribution in [-0.4, -0.2) is 13.0 Å². The van der Waals surface area contributed by atoms with E-state index in [0.717, 1.165) is 5.56 Å². The standard InChI is InChI=1S/C8H11BO/c1-6-4-8(9)3-2-7(6)5-10/h2-4,10H,5,9H2,1H3. The highest BCUT2D eigenvalue weighted by Gasteiger charge is 1.94. The van der Waals surface area contributed by atoms with E-state index in [2.05, 4.69) is 6.07 Å². The van der Waals surface area contributed by atoms with Crippen LogP contribution in [0.1, 0.15) is 11.1 Å². The highest BCUT2D eigenvalue weighted by Crippen LogP contribution is 2.03. The Morgan fingerprint density at radius 1 is 1.50 bits per heavy atom. The Labute approximate surface area is 62.1 Å². The van der Waals surface area contributed by atoms with Crippen molar-refractivity contribution >= 4 is 13.3 Å². The zero-order valence-corrected chi connectivity index (χ0v) is 6.39. The third kappa shape index (κ3) is 1.39. The Kier molecular flexibility index (Phi) is 2.12. The lowest BCUT2D eigenvalue weighted by Gasteiger charge is -2.01. The van der Waals surface area contributed by atoms with E-state index in [0.29, 0.717) is 0 Å². The Bertz CT molecular complexity index is 233. The third-order valence-corrected chi connectivity index (χ3v) is 1.67. The van der Waals surface area contributed by atoms with Gasteiger partial charge in [0.25, 0.3) is 0 Å². The van der Waals surface area contributed by atoms with Crippen LogP contribution in [0.3, 0.4) is 0 Å². The van der Waals surface area contributed by atoms with Gasteiger partial charge in [0, 0.05) is 0 Å². The molecular weight excluding hydrogens is 123 g/mol. The first-order chi connectivity index (χ1) is 4.74. The quantitative estimate of drug-likeness (QED) is 0.525. The molecule has 0 atom stereocenters. The molecule has 0 unspecified atom stereocenters. The van der Waals surface area contributed by atoms with E-state index < -0.39 is 0 Å². The summed E-state index contributed by atoms with van der Waals surface area (Å²) in [6.07, 6.45) is 0. The molecule has 1 rings (SSSR count). The molecule has 0 aliphatic carbocycles. The van der Waals surface area contributed by atoms with Crippen molar-refractivity contribution in [2.24, 2.45) is 0 Å². The average molecular weight is 134 g/mol. The smallest absolute Gasteiger partial charge is 0.139 e. The second-order valence-electron chi connectivity index (χ2n) is 2.59. The van der Waals surface area contributed by atoms with Crippen LogP contribution in [0.2, 0.25) is 0 Å². The van der Waals surface area contributed by atoms with Crippen LogP contribution in [0.5, 0.6) is 0 Å². The third-order valence-electron chi connectivity index (χ3n) is 1.67. The van der Waals surface area contributed by atoms with Crippen molar-refractivity contribution in [3.63, 3.8) is 0 Å². The van der Waals surface area contributed by atoms with Gasteiger partial charge in [-0.1, -0.05) is 23.7 Å². The maximum absolute atomic E-state index is 8.81. The fourth-order valence-corrected chi connectivity index (χ4v) is 1.02. The molecule has 0 amide bonds. The van der Waals surface area contributed by atoms with Gasteiger partial charge in [0.2, 0.25) is 0 Å². The topological polar surface area (TPSA) is 20.2 Å². The normalized spacial score (nSPS) is 9.80. The van der Waals surface area contributed by atoms with Crippen LogP contribution in [-0.2, 0) is 6.61 Å². The zero-order valence-electron chi connectivity index (χ0n) is 6.39. The second-order valence-corrected chi connectivity index (χ2v) is 2.59. The largest absolute Gasteiger partial charge is 0.392 e. The molecule has 0 heterocycles. The molecule has 0 fully saturated rings. The van der Waals surface area contributed by atoms with Crippen molar-refractivity contribution in [1.29, 1.82) is 0 Å². The van der Waals surface area contributed by atoms with Gasteiger partial charge in [0.15, 0.2) is 0 Å². The van der Waals surface area contributed by atoms with E-state index in [1.165, 1.54) is 11.0 Å². The summed E-state index contributed by atoms with van der Waals surface area (Å²) in [5.41, 5.74) is 3.43. The number of aryl methyl sites for hydroxylation is 1. The van der Waals surface area contributed by atoms with Crippen molar-refractivity contribution in [3.05, 3.63) is 29.3 Å². The molecule has 0 bridgehead atoms. The summed E-state index contributed by atoms with van der Waals surface area (Å²) in [5, 5.41) is 8.81. The molecule has 1 aromatic carbocycles. The monoisotopic (exact) mass is 134 g/mol. The number of hydrogen-bond acceptors (Lipinski definition) is 1. The van der Waals surface area contributed by atoms with E-state index >= 15 is 0 Å². The molecule has 0 saturated carbocycles. The van der Waals surface area contributed by atoms with Gasteiger partial charge in [-0.15, -0.1) is 0 Å². The minimum absolute atomic E-state index is 0.145. The van der Waals surface area contributed by atoms with Gasteiger partial charge in [-0.3, -0.25) is 0 Å². The van der Waals surface area contributed by atoms with E-state index in [1.54, 1.807) is 0 Å². The summed E-state index contributed by atoms with van der Waals surface area (Å²) in [6, 6.07) is 6.05. The summed E-state index contributed by atoms with van der Waals surface area (Å²) < 4.78 is 0. The van der Waals surface area contributed by atoms with Crippen molar-refractivity contribution in [1.82, 2.24) is 0 Å². The summed E-state index contributed by atoms with van der Waals surface area (Å²) in [7, 11) is 2.05. The van der Waals surface area contributed by atoms with Crippen molar-refractivity contribution < 1.29 is 5.11 Å². The first-order valence-corrected chi connectivity index (χ1v) is 3.41. The Morgan fingerprint density at radius 2 is 2.20 bits per heavy atom. The van der Waals surface area contributed by atoms with E-state index in [4.69, 9.17) is 5.11 Å². The van der Waals surface area contributed by atoms with Crippen LogP contribution >= 0.6 is 0 Å². The zero-order chi connectivity index (χ0) is 7.56. The van der Waals surface area contributed by atoms with Gasteiger partial charge in [0.05, 0.1) is 6.61 Å². The molecule has 0 saturated heterocycles. The van der Waals surface area contributed by atoms with Gasteiger partial charge >= 0.3 is 0 Å². The fourth-order valence-electron chi connectivity index (χ4n) is 1.02. The number of aliphatic hydroxyl groups is 1. The Hall–Kier alpha value is -0.755. The first-order valence-electron chi connectivity index (χ1n) is 3.41. The van der Waals surface area contributed by atoms with Crippen LogP contribution in [0.25, 0.3) is 0 Å². The summed E-state index contributed by atoms with van der Waals surface area (Å²) in [5.74, 6) is 0. The van der Waals surface area contributed by atoms with Gasteiger partial charge in [-0.2, -0.15) is 0 Å². The second kappa shape index (κ2) is 2.89. The van der Waals surface area contributed by atoms with Gasteiger partial charge in [-0.05, 0) is 18.1 Å². The highest BCUT2D eigenvalue weighted by atomic mass is 16.3. The molecule has 0 radical (unpaired) electrons. The SMILES string of the molecule is Bc1ccc(CO)c(C)c1. The van der Waals surface area contributed by atoms with Gasteiger partial charge in [0.1, 0.15) is 7.85 Å². The van der Waals surface area contributed by atoms with Crippen LogP contribution in [0.4, 0.5) is 0 Å². The molecule has 52 valence electrons. The van der Waals surface area contributed by atoms with Crippen molar-refractivity contribution in [3.8, 4) is 0 Å². The summed E-state index contributed by atoms with van der Waals surface area (Å²) >= 11 is 0. The number of rotatable bonds is 1. The van der Waals surface area contributed by atoms with Crippen LogP contribution < -0.4 is 5.46 Å². The molecule has 1 aromatic rings. The fraction of sp³-hybridized carbons (Fsp3) is 0.250. The summed E-state index contributed by atoms with van der Waals surface area (Å²) in [6.45, 7) is 2.16. The lowest BCUT2D eigenvalue weighted by Crippen LogP contribution is -2.03.